The highest BCUT2D eigenvalue weighted by molar-refractivity contribution is 7.15. The van der Waals surface area contributed by atoms with Crippen LogP contribution in [0, 0.1) is 0 Å². The smallest absolute Gasteiger partial charge is 0.329 e. The molecule has 0 aromatic carbocycles. The van der Waals surface area contributed by atoms with Gasteiger partial charge < -0.3 is 14.3 Å². The molecule has 0 radical (unpaired) electrons. The van der Waals surface area contributed by atoms with Crippen molar-refractivity contribution >= 4 is 28.9 Å². The van der Waals surface area contributed by atoms with Crippen LogP contribution in [0.5, 0.6) is 0 Å². The van der Waals surface area contributed by atoms with Gasteiger partial charge in [-0.3, -0.25) is 9.78 Å². The number of alkyl halides is 5. The molecule has 186 valence electrons. The van der Waals surface area contributed by atoms with Gasteiger partial charge in [0.2, 0.25) is 5.82 Å². The highest BCUT2D eigenvalue weighted by Gasteiger charge is 2.46. The quantitative estimate of drug-likeness (QED) is 0.347. The molecule has 16 heteroatoms. The summed E-state index contributed by atoms with van der Waals surface area (Å²) in [5, 5.41) is 11.3. The first kappa shape index (κ1) is 23.7. The molecule has 1 aliphatic heterocycles. The van der Waals surface area contributed by atoms with Crippen LogP contribution in [-0.2, 0) is 12.7 Å². The van der Waals surface area contributed by atoms with Gasteiger partial charge in [0, 0.05) is 17.3 Å². The number of amides is 1. The van der Waals surface area contributed by atoms with Gasteiger partial charge in [0.05, 0.1) is 42.5 Å². The summed E-state index contributed by atoms with van der Waals surface area (Å²) in [4.78, 5) is 27.8. The van der Waals surface area contributed by atoms with Crippen LogP contribution in [0.2, 0.25) is 0 Å². The highest BCUT2D eigenvalue weighted by Crippen LogP contribution is 2.34. The predicted molar refractivity (Wildman–Crippen MR) is 113 cm³/mol. The number of thiophene rings is 1. The van der Waals surface area contributed by atoms with E-state index in [9.17, 15) is 26.7 Å². The van der Waals surface area contributed by atoms with Crippen LogP contribution < -0.4 is 4.90 Å². The molecule has 0 N–H and O–H groups in total. The average Bonchev–Trinajstić information content (AvgIpc) is 3.51. The summed E-state index contributed by atoms with van der Waals surface area (Å²) in [5.41, 5.74) is 0.0581. The number of carbonyl (C=O) groups excluding carboxylic acids is 1. The normalized spacial score (nSPS) is 15.0. The molecule has 1 fully saturated rings. The standard InChI is InChI=1S/C20H13F5N8O2S/c21-19(22)9-32(10-19)17(34)11-5-14(30-28-6-11)33(15-7-26-3-4-27-15)8-12-1-2-13(36-12)16-29-18(35-31-16)20(23,24)25/h1-7H,8-10H2. The third kappa shape index (κ3) is 4.84. The van der Waals surface area contributed by atoms with Gasteiger partial charge in [0.25, 0.3) is 11.8 Å². The van der Waals surface area contributed by atoms with E-state index in [1.54, 1.807) is 11.0 Å². The van der Waals surface area contributed by atoms with Crippen LogP contribution in [0.15, 0.2) is 47.5 Å². The number of anilines is 2. The maximum absolute atomic E-state index is 13.2. The van der Waals surface area contributed by atoms with Gasteiger partial charge >= 0.3 is 12.1 Å². The van der Waals surface area contributed by atoms with Crippen LogP contribution in [0.25, 0.3) is 10.7 Å². The summed E-state index contributed by atoms with van der Waals surface area (Å²) < 4.78 is 69.0. The Morgan fingerprint density at radius 1 is 1.17 bits per heavy atom. The molecule has 0 saturated carbocycles. The molecule has 0 bridgehead atoms. The molecule has 1 saturated heterocycles. The second-order valence-corrected chi connectivity index (χ2v) is 8.82. The Morgan fingerprint density at radius 2 is 1.97 bits per heavy atom. The number of rotatable bonds is 6. The van der Waals surface area contributed by atoms with Crippen LogP contribution in [0.3, 0.4) is 0 Å². The van der Waals surface area contributed by atoms with E-state index >= 15 is 0 Å². The maximum atomic E-state index is 13.2. The van der Waals surface area contributed by atoms with Crippen molar-refractivity contribution in [1.82, 2.24) is 35.2 Å². The molecule has 10 nitrogen and oxygen atoms in total. The van der Waals surface area contributed by atoms with Gasteiger partial charge in [-0.05, 0) is 18.2 Å². The molecule has 4 aromatic heterocycles. The van der Waals surface area contributed by atoms with Gasteiger partial charge in [-0.1, -0.05) is 5.16 Å². The maximum Gasteiger partial charge on any atom is 0.471 e. The van der Waals surface area contributed by atoms with E-state index in [1.165, 1.54) is 36.9 Å². The summed E-state index contributed by atoms with van der Waals surface area (Å²) in [6.07, 6.45) is 0.741. The van der Waals surface area contributed by atoms with E-state index in [2.05, 4.69) is 34.8 Å². The third-order valence-electron chi connectivity index (χ3n) is 4.99. The molecule has 4 aromatic rings. The van der Waals surface area contributed by atoms with Gasteiger partial charge in [0.15, 0.2) is 11.6 Å². The Bertz CT molecular complexity index is 1390. The summed E-state index contributed by atoms with van der Waals surface area (Å²) in [7, 11) is 0. The van der Waals surface area contributed by atoms with Crippen LogP contribution in [0.4, 0.5) is 33.6 Å². The van der Waals surface area contributed by atoms with Crippen molar-refractivity contribution in [2.45, 2.75) is 18.6 Å². The molecule has 36 heavy (non-hydrogen) atoms. The minimum Gasteiger partial charge on any atom is -0.329 e. The summed E-state index contributed by atoms with van der Waals surface area (Å²) in [6, 6.07) is 4.58. The van der Waals surface area contributed by atoms with Gasteiger partial charge in [-0.2, -0.15) is 23.3 Å². The zero-order chi connectivity index (χ0) is 25.5. The average molecular weight is 524 g/mol. The van der Waals surface area contributed by atoms with Crippen molar-refractivity contribution in [3.8, 4) is 10.7 Å². The fraction of sp³-hybridized carbons (Fsp3) is 0.250. The number of hydrogen-bond acceptors (Lipinski definition) is 10. The summed E-state index contributed by atoms with van der Waals surface area (Å²) in [6.45, 7) is -1.25. The van der Waals surface area contributed by atoms with E-state index in [-0.39, 0.29) is 23.8 Å². The molecule has 0 aliphatic carbocycles. The van der Waals surface area contributed by atoms with E-state index in [0.29, 0.717) is 15.6 Å². The lowest BCUT2D eigenvalue weighted by atomic mass is 10.1. The van der Waals surface area contributed by atoms with Crippen molar-refractivity contribution in [2.24, 2.45) is 0 Å². The number of carbonyl (C=O) groups is 1. The molecule has 0 atom stereocenters. The number of likely N-dealkylation sites (tertiary alicyclic amines) is 1. The Balaban J connectivity index is 1.42. The number of halogens is 5. The fourth-order valence-electron chi connectivity index (χ4n) is 3.33. The van der Waals surface area contributed by atoms with Gasteiger partial charge in [-0.15, -0.1) is 16.4 Å². The number of aromatic nitrogens is 6. The molecule has 1 amide bonds. The van der Waals surface area contributed by atoms with Crippen molar-refractivity contribution < 1.29 is 31.3 Å². The first-order valence-electron chi connectivity index (χ1n) is 10.1. The number of nitrogens with zero attached hydrogens (tertiary/aromatic N) is 8. The van der Waals surface area contributed by atoms with Gasteiger partial charge in [-0.25, -0.2) is 13.8 Å². The van der Waals surface area contributed by atoms with E-state index in [4.69, 9.17) is 0 Å². The topological polar surface area (TPSA) is 114 Å². The third-order valence-corrected chi connectivity index (χ3v) is 6.05. The first-order chi connectivity index (χ1) is 17.1. The fourth-order valence-corrected chi connectivity index (χ4v) is 4.25. The first-order valence-corrected chi connectivity index (χ1v) is 10.9. The van der Waals surface area contributed by atoms with E-state index in [0.717, 1.165) is 16.2 Å². The molecular weight excluding hydrogens is 511 g/mol. The minimum absolute atomic E-state index is 0.0581. The Kier molecular flexibility index (Phi) is 5.82. The Morgan fingerprint density at radius 3 is 2.64 bits per heavy atom. The second-order valence-electron chi connectivity index (χ2n) is 7.66. The monoisotopic (exact) mass is 524 g/mol. The second kappa shape index (κ2) is 8.85. The predicted octanol–water partition coefficient (Wildman–Crippen LogP) is 3.83. The zero-order valence-corrected chi connectivity index (χ0v) is 18.7. The van der Waals surface area contributed by atoms with Crippen molar-refractivity contribution in [3.63, 3.8) is 0 Å². The molecule has 0 unspecified atom stereocenters. The van der Waals surface area contributed by atoms with Crippen molar-refractivity contribution in [2.75, 3.05) is 18.0 Å². The van der Waals surface area contributed by atoms with Crippen molar-refractivity contribution in [1.29, 1.82) is 0 Å². The summed E-state index contributed by atoms with van der Waals surface area (Å²) in [5.74, 6) is -4.69. The van der Waals surface area contributed by atoms with Crippen LogP contribution in [-0.4, -0.2) is 60.1 Å². The zero-order valence-electron chi connectivity index (χ0n) is 17.9. The Labute approximate surface area is 202 Å². The minimum atomic E-state index is -4.76. The van der Waals surface area contributed by atoms with E-state index < -0.39 is 37.0 Å². The molecular formula is C20H13F5N8O2S. The lowest BCUT2D eigenvalue weighted by Crippen LogP contribution is -2.58. The van der Waals surface area contributed by atoms with Crippen molar-refractivity contribution in [3.05, 3.63) is 59.3 Å². The molecule has 5 rings (SSSR count). The van der Waals surface area contributed by atoms with Crippen LogP contribution >= 0.6 is 11.3 Å². The van der Waals surface area contributed by atoms with Crippen LogP contribution in [0.1, 0.15) is 21.1 Å². The van der Waals surface area contributed by atoms with Gasteiger partial charge in [0.1, 0.15) is 0 Å². The molecule has 5 heterocycles. The lowest BCUT2D eigenvalue weighted by Gasteiger charge is -2.38. The highest BCUT2D eigenvalue weighted by atomic mass is 32.1. The largest absolute Gasteiger partial charge is 0.471 e. The van der Waals surface area contributed by atoms with E-state index in [1.807, 2.05) is 0 Å². The SMILES string of the molecule is O=C(c1cnnc(N(Cc2ccc(-c3noc(C(F)(F)F)n3)s2)c2cnccn2)c1)N1CC(F)(F)C1. The summed E-state index contributed by atoms with van der Waals surface area (Å²) >= 11 is 1.11. The Hall–Kier alpha value is -4.08. The number of hydrogen-bond donors (Lipinski definition) is 0. The molecule has 0 spiro atoms. The lowest BCUT2D eigenvalue weighted by molar-refractivity contribution is -0.159. The molecule has 1 aliphatic rings.